The van der Waals surface area contributed by atoms with Crippen molar-refractivity contribution in [2.75, 3.05) is 7.11 Å². The molecule has 2 aromatic rings. The molecule has 0 unspecified atom stereocenters. The molecule has 0 amide bonds. The van der Waals surface area contributed by atoms with Gasteiger partial charge in [-0.1, -0.05) is 38.1 Å². The van der Waals surface area contributed by atoms with Crippen molar-refractivity contribution in [3.05, 3.63) is 40.3 Å². The second kappa shape index (κ2) is 5.00. The third-order valence-electron chi connectivity index (χ3n) is 2.66. The van der Waals surface area contributed by atoms with Crippen LogP contribution < -0.4 is 10.4 Å². The lowest BCUT2D eigenvalue weighted by atomic mass is 10.0. The molecule has 1 aromatic heterocycles. The molecule has 5 nitrogen and oxygen atoms in total. The summed E-state index contributed by atoms with van der Waals surface area (Å²) in [7, 11) is 1.43. The second-order valence-corrected chi connectivity index (χ2v) is 4.27. The van der Waals surface area contributed by atoms with Crippen LogP contribution in [0.2, 0.25) is 0 Å². The van der Waals surface area contributed by atoms with Crippen LogP contribution in [0.1, 0.15) is 25.3 Å². The molecule has 0 saturated carbocycles. The van der Waals surface area contributed by atoms with E-state index < -0.39 is 5.69 Å². The maximum Gasteiger partial charge on any atom is 0.351 e. The molecule has 94 valence electrons. The van der Waals surface area contributed by atoms with E-state index in [1.165, 1.54) is 12.7 Å². The van der Waals surface area contributed by atoms with Gasteiger partial charge in [0.15, 0.2) is 0 Å². The fraction of sp³-hybridized carbons (Fsp3) is 0.308. The molecule has 0 aliphatic carbocycles. The summed E-state index contributed by atoms with van der Waals surface area (Å²) in [6, 6.07) is 7.96. The van der Waals surface area contributed by atoms with Crippen LogP contribution in [-0.2, 0) is 0 Å². The van der Waals surface area contributed by atoms with Crippen LogP contribution in [0.4, 0.5) is 0 Å². The van der Waals surface area contributed by atoms with E-state index in [-0.39, 0.29) is 6.01 Å². The Labute approximate surface area is 105 Å². The number of hydrogen-bond donors (Lipinski definition) is 1. The molecule has 0 spiro atoms. The third kappa shape index (κ3) is 2.56. The predicted octanol–water partition coefficient (Wildman–Crippen LogP) is 1.96. The molecule has 5 heteroatoms. The van der Waals surface area contributed by atoms with E-state index in [1.807, 2.05) is 24.3 Å². The third-order valence-corrected chi connectivity index (χ3v) is 2.66. The predicted molar refractivity (Wildman–Crippen MR) is 68.7 cm³/mol. The van der Waals surface area contributed by atoms with E-state index in [2.05, 4.69) is 28.8 Å². The quantitative estimate of drug-likeness (QED) is 0.897. The Morgan fingerprint density at radius 1 is 1.17 bits per heavy atom. The number of rotatable bonds is 3. The van der Waals surface area contributed by atoms with Crippen molar-refractivity contribution >= 4 is 0 Å². The van der Waals surface area contributed by atoms with Gasteiger partial charge in [0, 0.05) is 5.56 Å². The summed E-state index contributed by atoms with van der Waals surface area (Å²) < 4.78 is 4.88. The zero-order valence-electron chi connectivity index (χ0n) is 10.6. The van der Waals surface area contributed by atoms with Crippen molar-refractivity contribution in [3.63, 3.8) is 0 Å². The fourth-order valence-electron chi connectivity index (χ4n) is 1.62. The van der Waals surface area contributed by atoms with Crippen LogP contribution in [-0.4, -0.2) is 22.1 Å². The molecule has 2 rings (SSSR count). The molecule has 1 N–H and O–H groups in total. The van der Waals surface area contributed by atoms with Crippen molar-refractivity contribution < 1.29 is 4.74 Å². The zero-order valence-corrected chi connectivity index (χ0v) is 10.6. The number of aromatic nitrogens is 3. The van der Waals surface area contributed by atoms with Crippen LogP contribution in [0.3, 0.4) is 0 Å². The van der Waals surface area contributed by atoms with Gasteiger partial charge in [0.2, 0.25) is 0 Å². The number of H-pyrrole nitrogens is 1. The number of ether oxygens (including phenoxy) is 1. The largest absolute Gasteiger partial charge is 0.467 e. The van der Waals surface area contributed by atoms with E-state index in [9.17, 15) is 4.79 Å². The average Bonchev–Trinajstić information content (AvgIpc) is 2.38. The highest BCUT2D eigenvalue weighted by atomic mass is 16.5. The van der Waals surface area contributed by atoms with Gasteiger partial charge in [0.05, 0.1) is 7.11 Å². The fourth-order valence-corrected chi connectivity index (χ4v) is 1.62. The van der Waals surface area contributed by atoms with Crippen LogP contribution >= 0.6 is 0 Å². The highest BCUT2D eigenvalue weighted by Gasteiger charge is 2.06. The number of benzene rings is 1. The van der Waals surface area contributed by atoms with Crippen molar-refractivity contribution in [1.29, 1.82) is 0 Å². The summed E-state index contributed by atoms with van der Waals surface area (Å²) in [6.45, 7) is 4.26. The number of methoxy groups -OCH3 is 1. The highest BCUT2D eigenvalue weighted by molar-refractivity contribution is 5.55. The van der Waals surface area contributed by atoms with Crippen LogP contribution in [0, 0.1) is 0 Å². The van der Waals surface area contributed by atoms with Gasteiger partial charge >= 0.3 is 11.7 Å². The van der Waals surface area contributed by atoms with Gasteiger partial charge in [-0.15, -0.1) is 4.98 Å². The smallest absolute Gasteiger partial charge is 0.351 e. The lowest BCUT2D eigenvalue weighted by molar-refractivity contribution is 0.377. The highest BCUT2D eigenvalue weighted by Crippen LogP contribution is 2.19. The maximum atomic E-state index is 11.3. The minimum absolute atomic E-state index is 0.0710. The van der Waals surface area contributed by atoms with Crippen molar-refractivity contribution in [2.45, 2.75) is 19.8 Å². The standard InChI is InChI=1S/C13H15N3O2/c1-8(2)9-4-6-10(7-5-9)11-14-12(17)16-13(15-11)18-3/h4-8H,1-3H3,(H,14,15,16,17). The number of hydrogen-bond acceptors (Lipinski definition) is 4. The number of nitrogens with zero attached hydrogens (tertiary/aromatic N) is 2. The lowest BCUT2D eigenvalue weighted by Crippen LogP contribution is -2.14. The van der Waals surface area contributed by atoms with Crippen LogP contribution in [0.15, 0.2) is 29.1 Å². The van der Waals surface area contributed by atoms with Gasteiger partial charge in [-0.3, -0.25) is 4.98 Å². The van der Waals surface area contributed by atoms with E-state index in [0.29, 0.717) is 11.7 Å². The summed E-state index contributed by atoms with van der Waals surface area (Å²) in [5.74, 6) is 0.931. The van der Waals surface area contributed by atoms with Gasteiger partial charge in [-0.2, -0.15) is 4.98 Å². The summed E-state index contributed by atoms with van der Waals surface area (Å²) in [4.78, 5) is 21.6. The summed E-state index contributed by atoms with van der Waals surface area (Å²) in [6.07, 6.45) is 0. The SMILES string of the molecule is COc1nc(-c2ccc(C(C)C)cc2)[nH]c(=O)n1. The summed E-state index contributed by atoms with van der Waals surface area (Å²) in [5.41, 5.74) is 1.60. The second-order valence-electron chi connectivity index (χ2n) is 4.27. The topological polar surface area (TPSA) is 67.9 Å². The normalized spacial score (nSPS) is 10.7. The average molecular weight is 245 g/mol. The van der Waals surface area contributed by atoms with E-state index >= 15 is 0 Å². The molecule has 1 aromatic carbocycles. The van der Waals surface area contributed by atoms with Gasteiger partial charge in [-0.25, -0.2) is 4.79 Å². The molecule has 18 heavy (non-hydrogen) atoms. The Morgan fingerprint density at radius 3 is 2.39 bits per heavy atom. The van der Waals surface area contributed by atoms with Gasteiger partial charge in [0.1, 0.15) is 5.82 Å². The molecule has 0 bridgehead atoms. The first-order valence-electron chi connectivity index (χ1n) is 5.73. The Hall–Kier alpha value is -2.17. The Morgan fingerprint density at radius 2 is 1.83 bits per heavy atom. The summed E-state index contributed by atoms with van der Waals surface area (Å²) >= 11 is 0. The first-order valence-corrected chi connectivity index (χ1v) is 5.73. The van der Waals surface area contributed by atoms with Gasteiger partial charge in [-0.05, 0) is 11.5 Å². The van der Waals surface area contributed by atoms with Crippen LogP contribution in [0.5, 0.6) is 6.01 Å². The minimum atomic E-state index is -0.468. The Balaban J connectivity index is 2.42. The Kier molecular flexibility index (Phi) is 3.41. The van der Waals surface area contributed by atoms with Gasteiger partial charge in [0.25, 0.3) is 0 Å². The molecule has 0 aliphatic heterocycles. The van der Waals surface area contributed by atoms with Gasteiger partial charge < -0.3 is 4.74 Å². The first kappa shape index (κ1) is 12.3. The lowest BCUT2D eigenvalue weighted by Gasteiger charge is -2.06. The van der Waals surface area contributed by atoms with E-state index in [0.717, 1.165) is 5.56 Å². The Bertz CT molecular complexity index is 588. The molecule has 0 radical (unpaired) electrons. The molecule has 1 heterocycles. The molecular formula is C13H15N3O2. The summed E-state index contributed by atoms with van der Waals surface area (Å²) in [5, 5.41) is 0. The number of aromatic amines is 1. The molecular weight excluding hydrogens is 230 g/mol. The van der Waals surface area contributed by atoms with Crippen molar-refractivity contribution in [1.82, 2.24) is 15.0 Å². The van der Waals surface area contributed by atoms with E-state index in [4.69, 9.17) is 4.74 Å². The molecule has 0 aliphatic rings. The van der Waals surface area contributed by atoms with E-state index in [1.54, 1.807) is 0 Å². The zero-order chi connectivity index (χ0) is 13.1. The van der Waals surface area contributed by atoms with Crippen LogP contribution in [0.25, 0.3) is 11.4 Å². The molecule has 0 saturated heterocycles. The van der Waals surface area contributed by atoms with Crippen molar-refractivity contribution in [3.8, 4) is 17.4 Å². The minimum Gasteiger partial charge on any atom is -0.467 e. The first-order chi connectivity index (χ1) is 8.60. The molecule has 0 fully saturated rings. The monoisotopic (exact) mass is 245 g/mol. The molecule has 0 atom stereocenters. The maximum absolute atomic E-state index is 11.3. The van der Waals surface area contributed by atoms with Crippen molar-refractivity contribution in [2.24, 2.45) is 0 Å². The number of nitrogens with one attached hydrogen (secondary N) is 1.